The third-order valence-electron chi connectivity index (χ3n) is 3.31. The molecule has 0 saturated carbocycles. The fourth-order valence-electron chi connectivity index (χ4n) is 2.56. The number of nitrogens with one attached hydrogen (secondary N) is 1. The van der Waals surface area contributed by atoms with Crippen LogP contribution in [0.25, 0.3) is 10.9 Å². The highest BCUT2D eigenvalue weighted by atomic mass is 35.5. The van der Waals surface area contributed by atoms with Gasteiger partial charge in [-0.25, -0.2) is 0 Å². The van der Waals surface area contributed by atoms with Crippen molar-refractivity contribution in [3.05, 3.63) is 34.5 Å². The molecule has 0 bridgehead atoms. The van der Waals surface area contributed by atoms with Gasteiger partial charge >= 0.3 is 0 Å². The summed E-state index contributed by atoms with van der Waals surface area (Å²) in [5.74, 6) is 0. The lowest BCUT2D eigenvalue weighted by molar-refractivity contribution is 0.708. The van der Waals surface area contributed by atoms with Crippen molar-refractivity contribution in [2.75, 3.05) is 0 Å². The fourth-order valence-corrected chi connectivity index (χ4v) is 2.73. The third-order valence-corrected chi connectivity index (χ3v) is 3.55. The van der Waals surface area contributed by atoms with Crippen LogP contribution in [0, 0.1) is 0 Å². The van der Waals surface area contributed by atoms with E-state index in [0.717, 1.165) is 5.02 Å². The maximum Gasteiger partial charge on any atom is 0.0473 e. The summed E-state index contributed by atoms with van der Waals surface area (Å²) in [5, 5.41) is 2.19. The van der Waals surface area contributed by atoms with E-state index in [-0.39, 0.29) is 0 Å². The fraction of sp³-hybridized carbons (Fsp3) is 0.385. The average Bonchev–Trinajstić information content (AvgIpc) is 2.42. The molecule has 0 radical (unpaired) electrons. The van der Waals surface area contributed by atoms with Gasteiger partial charge in [0.25, 0.3) is 0 Å². The zero-order valence-electron chi connectivity index (χ0n) is 8.65. The normalized spacial score (nSPS) is 16.3. The number of aromatic amines is 1. The summed E-state index contributed by atoms with van der Waals surface area (Å²) in [7, 11) is 0. The van der Waals surface area contributed by atoms with E-state index in [2.05, 4.69) is 11.1 Å². The number of benzene rings is 1. The lowest BCUT2D eigenvalue weighted by Gasteiger charge is -1.97. The van der Waals surface area contributed by atoms with Crippen LogP contribution in [0.2, 0.25) is 5.02 Å². The molecule has 2 heteroatoms. The molecule has 2 aromatic rings. The van der Waals surface area contributed by atoms with Crippen LogP contribution in [-0.4, -0.2) is 4.98 Å². The highest BCUT2D eigenvalue weighted by Gasteiger charge is 2.13. The molecule has 0 spiro atoms. The molecule has 0 saturated heterocycles. The van der Waals surface area contributed by atoms with E-state index in [9.17, 15) is 0 Å². The maximum absolute atomic E-state index is 5.99. The second-order valence-corrected chi connectivity index (χ2v) is 4.77. The summed E-state index contributed by atoms with van der Waals surface area (Å²) < 4.78 is 0. The van der Waals surface area contributed by atoms with Crippen LogP contribution in [0.15, 0.2) is 18.2 Å². The van der Waals surface area contributed by atoms with Gasteiger partial charge < -0.3 is 4.98 Å². The minimum atomic E-state index is 0.818. The second kappa shape index (κ2) is 3.57. The molecule has 0 unspecified atom stereocenters. The molecule has 0 aliphatic heterocycles. The molecule has 0 fully saturated rings. The molecule has 3 rings (SSSR count). The maximum atomic E-state index is 5.99. The topological polar surface area (TPSA) is 15.8 Å². The Bertz CT molecular complexity index is 498. The molecule has 78 valence electrons. The average molecular weight is 220 g/mol. The molecule has 1 aromatic carbocycles. The van der Waals surface area contributed by atoms with Crippen molar-refractivity contribution in [2.45, 2.75) is 32.1 Å². The molecule has 0 atom stereocenters. The number of hydrogen-bond donors (Lipinski definition) is 1. The van der Waals surface area contributed by atoms with Crippen molar-refractivity contribution in [3.8, 4) is 0 Å². The standard InChI is InChI=1S/C13H14ClN/c14-9-6-7-11-10-4-2-1-3-5-12(10)15-13(11)8-9/h6-8,15H,1-5H2. The Morgan fingerprint density at radius 2 is 1.93 bits per heavy atom. The Hall–Kier alpha value is -0.950. The van der Waals surface area contributed by atoms with Gasteiger partial charge in [0.05, 0.1) is 0 Å². The monoisotopic (exact) mass is 219 g/mol. The molecule has 1 aliphatic rings. The molecular formula is C13H14ClN. The summed E-state index contributed by atoms with van der Waals surface area (Å²) in [6.07, 6.45) is 6.41. The minimum Gasteiger partial charge on any atom is -0.358 e. The molecule has 1 aliphatic carbocycles. The number of aryl methyl sites for hydroxylation is 2. The number of fused-ring (bicyclic) bond motifs is 3. The van der Waals surface area contributed by atoms with Crippen LogP contribution in [0.5, 0.6) is 0 Å². The van der Waals surface area contributed by atoms with Crippen LogP contribution in [0.3, 0.4) is 0 Å². The Kier molecular flexibility index (Phi) is 2.21. The van der Waals surface area contributed by atoms with E-state index in [1.807, 2.05) is 12.1 Å². The summed E-state index contributed by atoms with van der Waals surface area (Å²) in [6.45, 7) is 0. The minimum absolute atomic E-state index is 0.818. The van der Waals surface area contributed by atoms with Crippen molar-refractivity contribution < 1.29 is 0 Å². The van der Waals surface area contributed by atoms with Gasteiger partial charge in [0.1, 0.15) is 0 Å². The molecule has 1 nitrogen and oxygen atoms in total. The van der Waals surface area contributed by atoms with Crippen LogP contribution < -0.4 is 0 Å². The molecule has 1 N–H and O–H groups in total. The largest absolute Gasteiger partial charge is 0.358 e. The van der Waals surface area contributed by atoms with E-state index in [0.29, 0.717) is 0 Å². The molecule has 1 aromatic heterocycles. The number of aromatic nitrogens is 1. The van der Waals surface area contributed by atoms with Crippen LogP contribution in [-0.2, 0) is 12.8 Å². The first-order valence-electron chi connectivity index (χ1n) is 5.63. The Balaban J connectivity index is 2.23. The van der Waals surface area contributed by atoms with Gasteiger partial charge in [-0.15, -0.1) is 0 Å². The molecule has 1 heterocycles. The zero-order chi connectivity index (χ0) is 10.3. The van der Waals surface area contributed by atoms with Crippen molar-refractivity contribution in [1.82, 2.24) is 4.98 Å². The van der Waals surface area contributed by atoms with Crippen LogP contribution >= 0.6 is 11.6 Å². The quantitative estimate of drug-likeness (QED) is 0.643. The highest BCUT2D eigenvalue weighted by Crippen LogP contribution is 2.29. The highest BCUT2D eigenvalue weighted by molar-refractivity contribution is 6.31. The summed E-state index contributed by atoms with van der Waals surface area (Å²) in [5.41, 5.74) is 4.17. The van der Waals surface area contributed by atoms with Gasteiger partial charge in [-0.2, -0.15) is 0 Å². The lowest BCUT2D eigenvalue weighted by Crippen LogP contribution is -1.86. The van der Waals surface area contributed by atoms with E-state index < -0.39 is 0 Å². The van der Waals surface area contributed by atoms with Crippen molar-refractivity contribution in [1.29, 1.82) is 0 Å². The van der Waals surface area contributed by atoms with Crippen molar-refractivity contribution >= 4 is 22.5 Å². The van der Waals surface area contributed by atoms with Gasteiger partial charge in [0, 0.05) is 21.6 Å². The van der Waals surface area contributed by atoms with Crippen molar-refractivity contribution in [3.63, 3.8) is 0 Å². The summed E-state index contributed by atoms with van der Waals surface area (Å²) in [6, 6.07) is 6.17. The number of H-pyrrole nitrogens is 1. The van der Waals surface area contributed by atoms with Crippen molar-refractivity contribution in [2.24, 2.45) is 0 Å². The van der Waals surface area contributed by atoms with Gasteiger partial charge in [-0.3, -0.25) is 0 Å². The Labute approximate surface area is 94.4 Å². The van der Waals surface area contributed by atoms with E-state index in [1.165, 1.54) is 54.3 Å². The summed E-state index contributed by atoms with van der Waals surface area (Å²) in [4.78, 5) is 3.51. The predicted octanol–water partition coefficient (Wildman–Crippen LogP) is 4.09. The Morgan fingerprint density at radius 1 is 1.07 bits per heavy atom. The van der Waals surface area contributed by atoms with Gasteiger partial charge in [0.2, 0.25) is 0 Å². The summed E-state index contributed by atoms with van der Waals surface area (Å²) >= 11 is 5.99. The Morgan fingerprint density at radius 3 is 2.87 bits per heavy atom. The predicted molar refractivity (Wildman–Crippen MR) is 64.6 cm³/mol. The SMILES string of the molecule is Clc1ccc2c3c([nH]c2c1)CCCCC3. The number of hydrogen-bond acceptors (Lipinski definition) is 0. The van der Waals surface area contributed by atoms with Gasteiger partial charge in [0.15, 0.2) is 0 Å². The van der Waals surface area contributed by atoms with Gasteiger partial charge in [-0.05, 0) is 43.4 Å². The first kappa shape index (κ1) is 9.29. The number of halogens is 1. The third kappa shape index (κ3) is 1.55. The molecular weight excluding hydrogens is 206 g/mol. The smallest absolute Gasteiger partial charge is 0.0473 e. The first-order chi connectivity index (χ1) is 7.34. The van der Waals surface area contributed by atoms with E-state index in [4.69, 9.17) is 11.6 Å². The van der Waals surface area contributed by atoms with E-state index >= 15 is 0 Å². The van der Waals surface area contributed by atoms with Gasteiger partial charge in [-0.1, -0.05) is 24.1 Å². The lowest BCUT2D eigenvalue weighted by atomic mass is 10.1. The van der Waals surface area contributed by atoms with Crippen LogP contribution in [0.1, 0.15) is 30.5 Å². The molecule has 0 amide bonds. The molecule has 15 heavy (non-hydrogen) atoms. The zero-order valence-corrected chi connectivity index (χ0v) is 9.40. The second-order valence-electron chi connectivity index (χ2n) is 4.33. The van der Waals surface area contributed by atoms with Crippen LogP contribution in [0.4, 0.5) is 0 Å². The number of rotatable bonds is 0. The first-order valence-corrected chi connectivity index (χ1v) is 6.01. The van der Waals surface area contributed by atoms with E-state index in [1.54, 1.807) is 0 Å².